The third-order valence-electron chi connectivity index (χ3n) is 2.75. The molecule has 0 N–H and O–H groups in total. The summed E-state index contributed by atoms with van der Waals surface area (Å²) in [6.07, 6.45) is 1.66. The number of imidazole rings is 1. The lowest BCUT2D eigenvalue weighted by Crippen LogP contribution is -2.04. The molecule has 4 nitrogen and oxygen atoms in total. The van der Waals surface area contributed by atoms with Gasteiger partial charge in [-0.15, -0.1) is 0 Å². The molecule has 92 valence electrons. The molecule has 3 rings (SSSR count). The van der Waals surface area contributed by atoms with Gasteiger partial charge in [0.2, 0.25) is 0 Å². The van der Waals surface area contributed by atoms with E-state index in [9.17, 15) is 4.79 Å². The zero-order chi connectivity index (χ0) is 12.7. The molecule has 0 aliphatic carbocycles. The molecule has 0 saturated heterocycles. The molecule has 0 saturated carbocycles. The number of hydrogen-bond donors (Lipinski definition) is 0. The Morgan fingerprint density at radius 1 is 1.50 bits per heavy atom. The van der Waals surface area contributed by atoms with Gasteiger partial charge in [0, 0.05) is 10.7 Å². The molecule has 1 aliphatic rings. The maximum absolute atomic E-state index is 11.2. The van der Waals surface area contributed by atoms with Gasteiger partial charge in [0.15, 0.2) is 0 Å². The van der Waals surface area contributed by atoms with Crippen LogP contribution in [0.3, 0.4) is 0 Å². The predicted octanol–water partition coefficient (Wildman–Crippen LogP) is 3.08. The van der Waals surface area contributed by atoms with Gasteiger partial charge >= 0.3 is 0 Å². The molecule has 6 heteroatoms. The lowest BCUT2D eigenvalue weighted by atomic mass is 10.2. The smallest absolute Gasteiger partial charge is 0.272 e. The van der Waals surface area contributed by atoms with Crippen LogP contribution in [-0.4, -0.2) is 21.4 Å². The van der Waals surface area contributed by atoms with Gasteiger partial charge in [0.05, 0.1) is 12.1 Å². The zero-order valence-electron chi connectivity index (χ0n) is 9.19. The largest absolute Gasteiger partial charge is 0.491 e. The second-order valence-electron chi connectivity index (χ2n) is 3.91. The molecule has 2 aromatic rings. The molecule has 18 heavy (non-hydrogen) atoms. The summed E-state index contributed by atoms with van der Waals surface area (Å²) in [6, 6.07) is 5.71. The highest BCUT2D eigenvalue weighted by Crippen LogP contribution is 2.34. The Labute approximate surface area is 117 Å². The van der Waals surface area contributed by atoms with Crippen molar-refractivity contribution in [3.05, 3.63) is 34.6 Å². The molecule has 0 unspecified atom stereocenters. The first-order chi connectivity index (χ1) is 8.65. The number of aromatic nitrogens is 2. The van der Waals surface area contributed by atoms with Crippen LogP contribution in [0.2, 0.25) is 0 Å². The minimum atomic E-state index is -0.548. The van der Waals surface area contributed by atoms with Crippen molar-refractivity contribution in [2.45, 2.75) is 6.54 Å². The van der Waals surface area contributed by atoms with Crippen molar-refractivity contribution in [3.63, 3.8) is 0 Å². The maximum atomic E-state index is 11.2. The van der Waals surface area contributed by atoms with Crippen LogP contribution in [0, 0.1) is 0 Å². The molecule has 0 fully saturated rings. The molecule has 0 spiro atoms. The predicted molar refractivity (Wildman–Crippen MR) is 71.0 cm³/mol. The van der Waals surface area contributed by atoms with Crippen LogP contribution in [0.25, 0.3) is 11.4 Å². The van der Waals surface area contributed by atoms with Gasteiger partial charge in [-0.25, -0.2) is 4.98 Å². The number of rotatable bonds is 1. The standard InChI is InChI=1S/C12H8BrClN2O2/c13-7-1-2-10-8(5-7)12-15-9(11(14)17)6-16(12)3-4-18-10/h1-2,5-6H,3-4H2. The van der Waals surface area contributed by atoms with Crippen LogP contribution in [0.4, 0.5) is 0 Å². The van der Waals surface area contributed by atoms with E-state index >= 15 is 0 Å². The minimum absolute atomic E-state index is 0.263. The Morgan fingerprint density at radius 2 is 2.33 bits per heavy atom. The molecule has 2 heterocycles. The van der Waals surface area contributed by atoms with Crippen molar-refractivity contribution in [1.29, 1.82) is 0 Å². The Bertz CT molecular complexity index is 639. The fourth-order valence-corrected chi connectivity index (χ4v) is 2.40. The lowest BCUT2D eigenvalue weighted by Gasteiger charge is -2.05. The van der Waals surface area contributed by atoms with E-state index in [2.05, 4.69) is 20.9 Å². The highest BCUT2D eigenvalue weighted by atomic mass is 79.9. The Balaban J connectivity index is 2.22. The highest BCUT2D eigenvalue weighted by molar-refractivity contribution is 9.10. The zero-order valence-corrected chi connectivity index (χ0v) is 11.5. The van der Waals surface area contributed by atoms with Gasteiger partial charge in [-0.05, 0) is 29.8 Å². The van der Waals surface area contributed by atoms with E-state index in [1.807, 2.05) is 22.8 Å². The first-order valence-corrected chi connectivity index (χ1v) is 6.52. The highest BCUT2D eigenvalue weighted by Gasteiger charge is 2.20. The molecule has 1 aromatic heterocycles. The molecule has 1 aromatic carbocycles. The van der Waals surface area contributed by atoms with Crippen molar-refractivity contribution < 1.29 is 9.53 Å². The minimum Gasteiger partial charge on any atom is -0.491 e. The van der Waals surface area contributed by atoms with Gasteiger partial charge in [-0.1, -0.05) is 15.9 Å². The summed E-state index contributed by atoms with van der Waals surface area (Å²) in [6.45, 7) is 1.17. The molecule has 0 bridgehead atoms. The summed E-state index contributed by atoms with van der Waals surface area (Å²) in [7, 11) is 0. The summed E-state index contributed by atoms with van der Waals surface area (Å²) in [4.78, 5) is 15.5. The fraction of sp³-hybridized carbons (Fsp3) is 0.167. The number of nitrogens with zero attached hydrogens (tertiary/aromatic N) is 2. The second-order valence-corrected chi connectivity index (χ2v) is 5.16. The van der Waals surface area contributed by atoms with E-state index in [1.54, 1.807) is 6.20 Å². The quantitative estimate of drug-likeness (QED) is 0.756. The van der Waals surface area contributed by atoms with E-state index in [0.29, 0.717) is 19.0 Å². The van der Waals surface area contributed by atoms with Crippen molar-refractivity contribution >= 4 is 32.8 Å². The van der Waals surface area contributed by atoms with Crippen molar-refractivity contribution in [1.82, 2.24) is 9.55 Å². The van der Waals surface area contributed by atoms with Gasteiger partial charge in [-0.3, -0.25) is 4.79 Å². The number of ether oxygens (including phenoxy) is 1. The van der Waals surface area contributed by atoms with Crippen LogP contribution in [0.5, 0.6) is 5.75 Å². The Kier molecular flexibility index (Phi) is 2.87. The summed E-state index contributed by atoms with van der Waals surface area (Å²) < 4.78 is 8.46. The summed E-state index contributed by atoms with van der Waals surface area (Å²) in [5, 5.41) is -0.548. The van der Waals surface area contributed by atoms with Gasteiger partial charge in [-0.2, -0.15) is 0 Å². The van der Waals surface area contributed by atoms with Crippen LogP contribution in [0.15, 0.2) is 28.9 Å². The average Bonchev–Trinajstić information content (AvgIpc) is 2.68. The Morgan fingerprint density at radius 3 is 3.11 bits per heavy atom. The summed E-state index contributed by atoms with van der Waals surface area (Å²) in [5.41, 5.74) is 1.12. The SMILES string of the molecule is O=C(Cl)c1cn2c(n1)-c1cc(Br)ccc1OCC2. The van der Waals surface area contributed by atoms with Crippen LogP contribution >= 0.6 is 27.5 Å². The maximum Gasteiger partial charge on any atom is 0.272 e. The number of carbonyl (C=O) groups excluding carboxylic acids is 1. The number of carbonyl (C=O) groups is 1. The first kappa shape index (κ1) is 11.7. The van der Waals surface area contributed by atoms with E-state index < -0.39 is 5.24 Å². The third kappa shape index (κ3) is 1.93. The summed E-state index contributed by atoms with van der Waals surface area (Å²) >= 11 is 8.88. The molecule has 0 atom stereocenters. The normalized spacial score (nSPS) is 13.2. The van der Waals surface area contributed by atoms with Gasteiger partial charge < -0.3 is 9.30 Å². The first-order valence-electron chi connectivity index (χ1n) is 5.35. The van der Waals surface area contributed by atoms with Crippen LogP contribution < -0.4 is 4.74 Å². The number of fused-ring (bicyclic) bond motifs is 3. The average molecular weight is 328 g/mol. The van der Waals surface area contributed by atoms with Crippen molar-refractivity contribution in [3.8, 4) is 17.1 Å². The number of halogens is 2. The molecular formula is C12H8BrClN2O2. The third-order valence-corrected chi connectivity index (χ3v) is 3.44. The lowest BCUT2D eigenvalue weighted by molar-refractivity contribution is 0.107. The molecule has 1 aliphatic heterocycles. The molecular weight excluding hydrogens is 320 g/mol. The Hall–Kier alpha value is -1.33. The van der Waals surface area contributed by atoms with Crippen LogP contribution in [-0.2, 0) is 6.54 Å². The van der Waals surface area contributed by atoms with Gasteiger partial charge in [0.1, 0.15) is 23.9 Å². The second kappa shape index (κ2) is 4.40. The van der Waals surface area contributed by atoms with Gasteiger partial charge in [0.25, 0.3) is 5.24 Å². The van der Waals surface area contributed by atoms with E-state index in [1.165, 1.54) is 0 Å². The molecule has 0 amide bonds. The van der Waals surface area contributed by atoms with Crippen LogP contribution in [0.1, 0.15) is 10.5 Å². The van der Waals surface area contributed by atoms with E-state index in [-0.39, 0.29) is 5.69 Å². The van der Waals surface area contributed by atoms with E-state index in [0.717, 1.165) is 15.8 Å². The topological polar surface area (TPSA) is 44.1 Å². The molecule has 0 radical (unpaired) electrons. The van der Waals surface area contributed by atoms with E-state index in [4.69, 9.17) is 16.3 Å². The van der Waals surface area contributed by atoms with Crippen molar-refractivity contribution in [2.24, 2.45) is 0 Å². The fourth-order valence-electron chi connectivity index (χ4n) is 1.95. The number of hydrogen-bond acceptors (Lipinski definition) is 3. The summed E-state index contributed by atoms with van der Waals surface area (Å²) in [5.74, 6) is 1.46. The van der Waals surface area contributed by atoms with Crippen molar-refractivity contribution in [2.75, 3.05) is 6.61 Å². The number of benzene rings is 1. The monoisotopic (exact) mass is 326 g/mol.